The zero-order valence-electron chi connectivity index (χ0n) is 46.0. The van der Waals surface area contributed by atoms with Crippen molar-refractivity contribution in [3.8, 4) is 44.5 Å². The van der Waals surface area contributed by atoms with Crippen molar-refractivity contribution in [3.63, 3.8) is 0 Å². The van der Waals surface area contributed by atoms with Crippen molar-refractivity contribution < 1.29 is 13.3 Å². The maximum atomic E-state index is 7.43. The molecule has 0 saturated carbocycles. The molecule has 0 atom stereocenters. The average Bonchev–Trinajstić information content (AvgIpc) is 2.53. The van der Waals surface area contributed by atoms with Gasteiger partial charge in [0.2, 0.25) is 0 Å². The van der Waals surface area contributed by atoms with Crippen LogP contribution in [0.4, 0.5) is 34.1 Å². The monoisotopic (exact) mass is 1090 g/mol. The van der Waals surface area contributed by atoms with E-state index in [1.165, 1.54) is 0 Å². The lowest BCUT2D eigenvalue weighted by molar-refractivity contribution is 0.669. The lowest BCUT2D eigenvalue weighted by Crippen LogP contribution is -2.12. The normalized spacial score (nSPS) is 11.8. The van der Waals surface area contributed by atoms with E-state index >= 15 is 0 Å². The van der Waals surface area contributed by atoms with Crippen LogP contribution in [0.3, 0.4) is 0 Å². The number of hydrogen-bond donors (Lipinski definition) is 0. The molecule has 0 aliphatic carbocycles. The van der Waals surface area contributed by atoms with Crippen LogP contribution in [0.1, 0.15) is 0 Å². The number of rotatable bonds is 10. The molecule has 3 heterocycles. The van der Waals surface area contributed by atoms with E-state index in [1.807, 2.05) is 12.1 Å². The van der Waals surface area contributed by atoms with Crippen LogP contribution in [0.2, 0.25) is 0 Å². The largest absolute Gasteiger partial charge is 0.455 e. The van der Waals surface area contributed by atoms with Gasteiger partial charge in [0.1, 0.15) is 22.3 Å². The zero-order chi connectivity index (χ0) is 56.0. The van der Waals surface area contributed by atoms with E-state index in [0.29, 0.717) is 0 Å². The van der Waals surface area contributed by atoms with Crippen LogP contribution in [0, 0.1) is 0 Å². The highest BCUT2D eigenvalue weighted by Crippen LogP contribution is 2.54. The van der Waals surface area contributed by atoms with Crippen molar-refractivity contribution >= 4 is 121 Å². The molecule has 17 aromatic rings. The topological polar surface area (TPSA) is 45.9 Å². The Labute approximate surface area is 489 Å². The summed E-state index contributed by atoms with van der Waals surface area (Å²) in [6.45, 7) is 0. The minimum atomic E-state index is 0.798. The Morgan fingerprint density at radius 1 is 0.176 bits per heavy atom. The summed E-state index contributed by atoms with van der Waals surface area (Å²) in [4.78, 5) is 4.86. The van der Waals surface area contributed by atoms with Gasteiger partial charge < -0.3 is 23.1 Å². The molecule has 0 radical (unpaired) electrons. The van der Waals surface area contributed by atoms with E-state index in [9.17, 15) is 0 Å². The van der Waals surface area contributed by atoms with Gasteiger partial charge in [-0.3, -0.25) is 0 Å². The molecule has 5 heteroatoms. The van der Waals surface area contributed by atoms with Gasteiger partial charge in [-0.05, 0) is 94.0 Å². The lowest BCUT2D eigenvalue weighted by Gasteiger charge is -2.30. The maximum Gasteiger partial charge on any atom is 0.159 e. The highest BCUT2D eigenvalue weighted by molar-refractivity contribution is 6.26. The summed E-state index contributed by atoms with van der Waals surface area (Å²) >= 11 is 0. The standard InChI is InChI=1S/C80H50N2O3/c1-5-23-51(24-6-1)55-43-45-69(65(47-55)53-27-9-3-10-28-53)81(71-39-21-37-63-59-33-17-19-41-75(59)83-79(63)71)73-49-67-68-50-74(58-32-14-16-36-62(58)78(68)85-77(67)61-35-15-13-31-57(61)73)82(72-40-22-38-64-60-34-18-20-42-76(60)84-80(64)72)70-46-44-56(52-25-7-2-8-26-52)48-66(70)54-29-11-4-12-30-54/h1-50H. The first-order valence-electron chi connectivity index (χ1n) is 28.9. The minimum Gasteiger partial charge on any atom is -0.455 e. The van der Waals surface area contributed by atoms with Crippen molar-refractivity contribution in [2.75, 3.05) is 9.80 Å². The van der Waals surface area contributed by atoms with E-state index in [0.717, 1.165) is 166 Å². The predicted molar refractivity (Wildman–Crippen MR) is 354 cm³/mol. The third kappa shape index (κ3) is 7.86. The van der Waals surface area contributed by atoms with Crippen molar-refractivity contribution in [2.45, 2.75) is 0 Å². The SMILES string of the molecule is c1ccc(-c2ccc(N(c3cc4c5cc(N(c6ccc(-c7ccccc7)cc6-c6ccccc6)c6cccc7c6oc6ccccc67)c6ccccc6c5oc4c4ccccc34)c3cccc4c3oc3ccccc34)c(-c3ccccc3)c2)cc1. The molecule has 0 spiro atoms. The molecule has 0 unspecified atom stereocenters. The fourth-order valence-electron chi connectivity index (χ4n) is 13.1. The predicted octanol–water partition coefficient (Wildman–Crippen LogP) is 23.3. The third-order valence-corrected chi connectivity index (χ3v) is 17.0. The average molecular weight is 1090 g/mol. The molecule has 14 aromatic carbocycles. The molecule has 0 amide bonds. The van der Waals surface area contributed by atoms with Crippen molar-refractivity contribution in [1.82, 2.24) is 0 Å². The van der Waals surface area contributed by atoms with Crippen LogP contribution in [0.15, 0.2) is 317 Å². The number of hydrogen-bond acceptors (Lipinski definition) is 5. The number of furan rings is 3. The van der Waals surface area contributed by atoms with Crippen LogP contribution in [-0.4, -0.2) is 0 Å². The first-order valence-corrected chi connectivity index (χ1v) is 28.9. The van der Waals surface area contributed by atoms with Crippen LogP contribution in [0.25, 0.3) is 132 Å². The molecular formula is C80H50N2O3. The quantitative estimate of drug-likeness (QED) is 0.137. The highest BCUT2D eigenvalue weighted by atomic mass is 16.3. The number of para-hydroxylation sites is 4. The van der Waals surface area contributed by atoms with E-state index in [-0.39, 0.29) is 0 Å². The first-order chi connectivity index (χ1) is 42.2. The summed E-state index contributed by atoms with van der Waals surface area (Å²) in [7, 11) is 0. The molecule has 0 aliphatic heterocycles. The van der Waals surface area contributed by atoms with Crippen LogP contribution in [0.5, 0.6) is 0 Å². The van der Waals surface area contributed by atoms with Gasteiger partial charge >= 0.3 is 0 Å². The molecule has 0 saturated heterocycles. The molecule has 17 rings (SSSR count). The second-order valence-electron chi connectivity index (χ2n) is 21.8. The van der Waals surface area contributed by atoms with E-state index in [1.54, 1.807) is 0 Å². The number of benzene rings is 14. The van der Waals surface area contributed by atoms with Crippen LogP contribution >= 0.6 is 0 Å². The Hall–Kier alpha value is -11.4. The van der Waals surface area contributed by atoms with Crippen molar-refractivity contribution in [2.24, 2.45) is 0 Å². The van der Waals surface area contributed by atoms with Gasteiger partial charge in [-0.25, -0.2) is 0 Å². The number of anilines is 6. The van der Waals surface area contributed by atoms with Gasteiger partial charge in [0.05, 0.1) is 34.1 Å². The van der Waals surface area contributed by atoms with Crippen LogP contribution < -0.4 is 9.80 Å². The minimum absolute atomic E-state index is 0.798. The summed E-state index contributed by atoms with van der Waals surface area (Å²) in [5, 5.41) is 10.2. The van der Waals surface area contributed by atoms with Gasteiger partial charge in [-0.1, -0.05) is 243 Å². The fourth-order valence-corrected chi connectivity index (χ4v) is 13.1. The third-order valence-electron chi connectivity index (χ3n) is 17.0. The molecule has 0 fully saturated rings. The van der Waals surface area contributed by atoms with Gasteiger partial charge in [-0.15, -0.1) is 0 Å². The zero-order valence-corrected chi connectivity index (χ0v) is 46.0. The van der Waals surface area contributed by atoms with E-state index in [4.69, 9.17) is 13.3 Å². The van der Waals surface area contributed by atoms with Gasteiger partial charge in [0.15, 0.2) is 11.2 Å². The maximum absolute atomic E-state index is 7.43. The molecule has 3 aromatic heterocycles. The van der Waals surface area contributed by atoms with Crippen molar-refractivity contribution in [3.05, 3.63) is 303 Å². The molecular weight excluding hydrogens is 1040 g/mol. The van der Waals surface area contributed by atoms with Gasteiger partial charge in [-0.2, -0.15) is 0 Å². The van der Waals surface area contributed by atoms with Gasteiger partial charge in [0, 0.05) is 65.0 Å². The highest BCUT2D eigenvalue weighted by Gasteiger charge is 2.29. The first kappa shape index (κ1) is 48.3. The molecule has 398 valence electrons. The van der Waals surface area contributed by atoms with Gasteiger partial charge in [0.25, 0.3) is 0 Å². The summed E-state index contributed by atoms with van der Waals surface area (Å²) < 4.78 is 21.5. The molecule has 0 N–H and O–H groups in total. The summed E-state index contributed by atoms with van der Waals surface area (Å²) in [5.74, 6) is 0. The summed E-state index contributed by atoms with van der Waals surface area (Å²) in [6.07, 6.45) is 0. The molecule has 5 nitrogen and oxygen atoms in total. The Morgan fingerprint density at radius 2 is 0.506 bits per heavy atom. The number of fused-ring (bicyclic) bond motifs is 13. The Bertz CT molecular complexity index is 5090. The smallest absolute Gasteiger partial charge is 0.159 e. The van der Waals surface area contributed by atoms with E-state index in [2.05, 4.69) is 301 Å². The summed E-state index contributed by atoms with van der Waals surface area (Å²) in [6, 6.07) is 108. The molecule has 0 bridgehead atoms. The Kier molecular flexibility index (Phi) is 11.2. The van der Waals surface area contributed by atoms with E-state index < -0.39 is 0 Å². The number of nitrogens with zero attached hydrogens (tertiary/aromatic N) is 2. The fraction of sp³-hybridized carbons (Fsp3) is 0. The second kappa shape index (κ2) is 19.7. The van der Waals surface area contributed by atoms with Crippen LogP contribution in [-0.2, 0) is 0 Å². The summed E-state index contributed by atoms with van der Waals surface area (Å²) in [5.41, 5.74) is 19.6. The molecule has 0 aliphatic rings. The molecule has 85 heavy (non-hydrogen) atoms. The second-order valence-corrected chi connectivity index (χ2v) is 21.8. The Balaban J connectivity index is 0.987. The lowest BCUT2D eigenvalue weighted by atomic mass is 9.94. The van der Waals surface area contributed by atoms with Crippen molar-refractivity contribution in [1.29, 1.82) is 0 Å². The Morgan fingerprint density at radius 3 is 0.918 bits per heavy atom.